The fourth-order valence-electron chi connectivity index (χ4n) is 3.85. The maximum absolute atomic E-state index is 13.4. The van der Waals surface area contributed by atoms with Crippen LogP contribution in [0, 0.1) is 0 Å². The Balaban J connectivity index is 1.46. The fourth-order valence-corrected chi connectivity index (χ4v) is 5.20. The number of hydrogen-bond donors (Lipinski definition) is 1. The van der Waals surface area contributed by atoms with Crippen molar-refractivity contribution in [3.05, 3.63) is 79.3 Å². The summed E-state index contributed by atoms with van der Waals surface area (Å²) in [5.41, 5.74) is 1.74. The monoisotopic (exact) mass is 434 g/mol. The van der Waals surface area contributed by atoms with Gasteiger partial charge in [0.05, 0.1) is 16.6 Å². The molecule has 0 aliphatic carbocycles. The summed E-state index contributed by atoms with van der Waals surface area (Å²) < 4.78 is 33.8. The second-order valence-electron chi connectivity index (χ2n) is 7.33. The topological polar surface area (TPSA) is 76.5 Å². The zero-order chi connectivity index (χ0) is 21.3. The summed E-state index contributed by atoms with van der Waals surface area (Å²) in [7, 11) is -3.74. The van der Waals surface area contributed by atoms with Crippen LogP contribution in [0.25, 0.3) is 10.9 Å². The smallest absolute Gasteiger partial charge is 0.268 e. The van der Waals surface area contributed by atoms with Gasteiger partial charge in [-0.2, -0.15) is 0 Å². The number of pyridine rings is 1. The summed E-state index contributed by atoms with van der Waals surface area (Å²) in [4.78, 5) is 6.51. The number of anilines is 1. The van der Waals surface area contributed by atoms with Gasteiger partial charge in [-0.05, 0) is 54.6 Å². The number of benzene rings is 2. The van der Waals surface area contributed by atoms with E-state index in [0.717, 1.165) is 37.3 Å². The fraction of sp³-hybridized carbons (Fsp3) is 0.174. The number of ether oxygens (including phenoxy) is 1. The van der Waals surface area contributed by atoms with Gasteiger partial charge < -0.3 is 15.0 Å². The molecule has 5 rings (SSSR count). The van der Waals surface area contributed by atoms with Crippen molar-refractivity contribution >= 4 is 26.6 Å². The van der Waals surface area contributed by atoms with Crippen molar-refractivity contribution < 1.29 is 13.2 Å². The van der Waals surface area contributed by atoms with Gasteiger partial charge in [0.2, 0.25) is 0 Å². The maximum atomic E-state index is 13.4. The second kappa shape index (κ2) is 8.05. The number of piperazine rings is 1. The van der Waals surface area contributed by atoms with Crippen molar-refractivity contribution in [3.63, 3.8) is 0 Å². The van der Waals surface area contributed by atoms with Gasteiger partial charge in [-0.15, -0.1) is 0 Å². The molecule has 0 radical (unpaired) electrons. The minimum Gasteiger partial charge on any atom is -0.456 e. The third kappa shape index (κ3) is 3.75. The molecule has 0 amide bonds. The second-order valence-corrected chi connectivity index (χ2v) is 9.14. The van der Waals surface area contributed by atoms with Gasteiger partial charge in [0.15, 0.2) is 0 Å². The van der Waals surface area contributed by atoms with Crippen LogP contribution in [0.15, 0.2) is 84.1 Å². The van der Waals surface area contributed by atoms with Crippen LogP contribution in [-0.4, -0.2) is 43.6 Å². The lowest BCUT2D eigenvalue weighted by atomic mass is 10.2. The summed E-state index contributed by atoms with van der Waals surface area (Å²) in [5, 5.41) is 4.28. The molecule has 0 saturated carbocycles. The first-order chi connectivity index (χ1) is 15.1. The first-order valence-electron chi connectivity index (χ1n) is 10.1. The molecule has 4 aromatic rings. The van der Waals surface area contributed by atoms with Crippen LogP contribution in [0.1, 0.15) is 0 Å². The first kappa shape index (κ1) is 19.6. The molecular formula is C23H22N4O3S. The molecule has 1 aliphatic heterocycles. The third-order valence-electron chi connectivity index (χ3n) is 5.38. The number of aromatic nitrogens is 2. The molecule has 7 nitrogen and oxygen atoms in total. The molecule has 1 fully saturated rings. The minimum atomic E-state index is -3.74. The molecular weight excluding hydrogens is 412 g/mol. The van der Waals surface area contributed by atoms with Crippen molar-refractivity contribution in [1.82, 2.24) is 14.3 Å². The van der Waals surface area contributed by atoms with E-state index < -0.39 is 10.0 Å². The molecule has 1 saturated heterocycles. The Kier molecular flexibility index (Phi) is 5.09. The quantitative estimate of drug-likeness (QED) is 0.518. The molecule has 1 aliphatic rings. The van der Waals surface area contributed by atoms with Crippen molar-refractivity contribution in [1.29, 1.82) is 0 Å². The summed E-state index contributed by atoms with van der Waals surface area (Å²) in [5.74, 6) is 1.14. The summed E-state index contributed by atoms with van der Waals surface area (Å²) in [6, 6.07) is 17.7. The Hall–Kier alpha value is -3.36. The van der Waals surface area contributed by atoms with E-state index in [1.165, 1.54) is 3.97 Å². The van der Waals surface area contributed by atoms with Crippen molar-refractivity contribution in [2.24, 2.45) is 0 Å². The standard InChI is InChI=1S/C23H22N4O3S/c28-31(29,20-8-6-18(7-9-20)30-19-3-2-11-25-17-19)27-14-10-21-22(4-1-5-23(21)27)26-15-12-24-13-16-26/h1-11,14,17,24H,12-13,15-16H2. The Bertz CT molecular complexity index is 1300. The van der Waals surface area contributed by atoms with Crippen LogP contribution in [-0.2, 0) is 10.0 Å². The van der Waals surface area contributed by atoms with E-state index in [1.807, 2.05) is 18.2 Å². The number of nitrogens with one attached hydrogen (secondary N) is 1. The van der Waals surface area contributed by atoms with E-state index in [1.54, 1.807) is 55.0 Å². The molecule has 0 atom stereocenters. The lowest BCUT2D eigenvalue weighted by molar-refractivity contribution is 0.480. The van der Waals surface area contributed by atoms with E-state index in [9.17, 15) is 8.42 Å². The van der Waals surface area contributed by atoms with Gasteiger partial charge in [-0.1, -0.05) is 6.07 Å². The predicted molar refractivity (Wildman–Crippen MR) is 120 cm³/mol. The van der Waals surface area contributed by atoms with Gasteiger partial charge in [0.1, 0.15) is 11.5 Å². The molecule has 0 bridgehead atoms. The highest BCUT2D eigenvalue weighted by atomic mass is 32.2. The Labute approximate surface area is 181 Å². The van der Waals surface area contributed by atoms with E-state index in [0.29, 0.717) is 17.0 Å². The molecule has 8 heteroatoms. The summed E-state index contributed by atoms with van der Waals surface area (Å²) >= 11 is 0. The molecule has 0 spiro atoms. The highest BCUT2D eigenvalue weighted by Crippen LogP contribution is 2.31. The van der Waals surface area contributed by atoms with Crippen molar-refractivity contribution in [2.75, 3.05) is 31.1 Å². The first-order valence-corrected chi connectivity index (χ1v) is 11.6. The van der Waals surface area contributed by atoms with Gasteiger partial charge in [-0.3, -0.25) is 4.98 Å². The third-order valence-corrected chi connectivity index (χ3v) is 7.09. The average Bonchev–Trinajstić information content (AvgIpc) is 3.26. The van der Waals surface area contributed by atoms with Crippen LogP contribution in [0.2, 0.25) is 0 Å². The number of nitrogens with zero attached hydrogens (tertiary/aromatic N) is 3. The highest BCUT2D eigenvalue weighted by Gasteiger charge is 2.21. The predicted octanol–water partition coefficient (Wildman–Crippen LogP) is 3.48. The average molecular weight is 435 g/mol. The van der Waals surface area contributed by atoms with Crippen LogP contribution in [0.4, 0.5) is 5.69 Å². The van der Waals surface area contributed by atoms with E-state index in [-0.39, 0.29) is 4.90 Å². The SMILES string of the molecule is O=S(=O)(c1ccc(Oc2cccnc2)cc1)n1ccc2c(N3CCNCC3)cccc21. The lowest BCUT2D eigenvalue weighted by Gasteiger charge is -2.30. The molecule has 3 heterocycles. The van der Waals surface area contributed by atoms with Gasteiger partial charge >= 0.3 is 0 Å². The van der Waals surface area contributed by atoms with E-state index >= 15 is 0 Å². The Morgan fingerprint density at radius 3 is 2.45 bits per heavy atom. The van der Waals surface area contributed by atoms with Crippen LogP contribution >= 0.6 is 0 Å². The van der Waals surface area contributed by atoms with Crippen LogP contribution < -0.4 is 15.0 Å². The zero-order valence-electron chi connectivity index (χ0n) is 16.8. The van der Waals surface area contributed by atoms with E-state index in [4.69, 9.17) is 4.74 Å². The van der Waals surface area contributed by atoms with Gasteiger partial charge in [0, 0.05) is 49.6 Å². The number of rotatable bonds is 5. The molecule has 2 aromatic carbocycles. The molecule has 31 heavy (non-hydrogen) atoms. The minimum absolute atomic E-state index is 0.205. The van der Waals surface area contributed by atoms with Crippen LogP contribution in [0.5, 0.6) is 11.5 Å². The normalized spacial score (nSPS) is 14.6. The van der Waals surface area contributed by atoms with E-state index in [2.05, 4.69) is 21.3 Å². The van der Waals surface area contributed by atoms with Gasteiger partial charge in [0.25, 0.3) is 10.0 Å². The Morgan fingerprint density at radius 1 is 0.903 bits per heavy atom. The molecule has 2 aromatic heterocycles. The van der Waals surface area contributed by atoms with Crippen molar-refractivity contribution in [3.8, 4) is 11.5 Å². The van der Waals surface area contributed by atoms with Crippen molar-refractivity contribution in [2.45, 2.75) is 4.90 Å². The number of hydrogen-bond acceptors (Lipinski definition) is 6. The van der Waals surface area contributed by atoms with Crippen LogP contribution in [0.3, 0.4) is 0 Å². The maximum Gasteiger partial charge on any atom is 0.268 e. The molecule has 1 N–H and O–H groups in total. The van der Waals surface area contributed by atoms with Gasteiger partial charge in [-0.25, -0.2) is 12.4 Å². The molecule has 158 valence electrons. The zero-order valence-corrected chi connectivity index (χ0v) is 17.6. The Morgan fingerprint density at radius 2 is 1.71 bits per heavy atom. The lowest BCUT2D eigenvalue weighted by Crippen LogP contribution is -2.43. The molecule has 0 unspecified atom stereocenters. The summed E-state index contributed by atoms with van der Waals surface area (Å²) in [6.07, 6.45) is 4.90. The number of fused-ring (bicyclic) bond motifs is 1. The summed E-state index contributed by atoms with van der Waals surface area (Å²) in [6.45, 7) is 3.64. The highest BCUT2D eigenvalue weighted by molar-refractivity contribution is 7.90. The largest absolute Gasteiger partial charge is 0.456 e.